The van der Waals surface area contributed by atoms with Crippen molar-refractivity contribution in [1.82, 2.24) is 4.72 Å². The minimum atomic E-state index is -4.45. The van der Waals surface area contributed by atoms with Crippen LogP contribution in [0.4, 0.5) is 9.18 Å². The minimum absolute atomic E-state index is 0.178. The number of fused-ring (bicyclic) bond motifs is 1. The molecule has 0 aromatic heterocycles. The van der Waals surface area contributed by atoms with Crippen LogP contribution in [0.1, 0.15) is 32.1 Å². The summed E-state index contributed by atoms with van der Waals surface area (Å²) in [6.45, 7) is 2.48. The number of hydrogen-bond donors (Lipinski definition) is 2. The number of benzene rings is 1. The predicted octanol–water partition coefficient (Wildman–Crippen LogP) is 1.68. The van der Waals surface area contributed by atoms with E-state index >= 15 is 0 Å². The van der Waals surface area contributed by atoms with E-state index in [0.717, 1.165) is 50.6 Å². The molecule has 3 atom stereocenters. The molecule has 7 nitrogen and oxygen atoms in total. The molecule has 0 radical (unpaired) electrons. The van der Waals surface area contributed by atoms with Gasteiger partial charge in [0.05, 0.1) is 24.2 Å². The Labute approximate surface area is 163 Å². The van der Waals surface area contributed by atoms with Gasteiger partial charge in [-0.25, -0.2) is 9.18 Å². The summed E-state index contributed by atoms with van der Waals surface area (Å²) in [5.41, 5.74) is 0. The highest BCUT2D eigenvalue weighted by atomic mass is 35.5. The van der Waals surface area contributed by atoms with E-state index in [1.165, 1.54) is 12.8 Å². The van der Waals surface area contributed by atoms with Gasteiger partial charge in [0.1, 0.15) is 18.2 Å². The molecular formula is C17H23ClFN2O5S+. The van der Waals surface area contributed by atoms with E-state index in [0.29, 0.717) is 6.04 Å². The maximum atomic E-state index is 13.1. The first-order valence-corrected chi connectivity index (χ1v) is 10.8. The van der Waals surface area contributed by atoms with Gasteiger partial charge >= 0.3 is 16.4 Å². The topological polar surface area (TPSA) is 86.1 Å². The van der Waals surface area contributed by atoms with Gasteiger partial charge in [0, 0.05) is 12.0 Å². The lowest BCUT2D eigenvalue weighted by molar-refractivity contribution is -0.940. The SMILES string of the molecule is O=C(NS(=O)(=O)Oc1ccc(F)c(Cl)c1)OC[C@@H]1CCC[NH+]2CCCC[C@@H]12. The van der Waals surface area contributed by atoms with Crippen LogP contribution in [0, 0.1) is 11.7 Å². The summed E-state index contributed by atoms with van der Waals surface area (Å²) in [5, 5.41) is -0.290. The molecule has 2 aliphatic heterocycles. The third-order valence-electron chi connectivity index (χ3n) is 5.16. The van der Waals surface area contributed by atoms with Crippen molar-refractivity contribution >= 4 is 28.0 Å². The molecule has 1 amide bonds. The van der Waals surface area contributed by atoms with E-state index in [1.54, 1.807) is 9.62 Å². The number of halogens is 2. The smallest absolute Gasteiger partial charge is 0.423 e. The highest BCUT2D eigenvalue weighted by molar-refractivity contribution is 7.85. The van der Waals surface area contributed by atoms with Crippen molar-refractivity contribution in [3.63, 3.8) is 0 Å². The van der Waals surface area contributed by atoms with E-state index < -0.39 is 22.2 Å². The molecule has 0 bridgehead atoms. The zero-order valence-corrected chi connectivity index (χ0v) is 16.3. The van der Waals surface area contributed by atoms with Crippen LogP contribution in [-0.4, -0.2) is 40.2 Å². The Kier molecular flexibility index (Phi) is 6.44. The molecule has 2 saturated heterocycles. The molecule has 27 heavy (non-hydrogen) atoms. The van der Waals surface area contributed by atoms with Crippen LogP contribution in [-0.2, 0) is 15.0 Å². The second kappa shape index (κ2) is 8.62. The molecule has 1 aromatic rings. The lowest BCUT2D eigenvalue weighted by Gasteiger charge is -2.40. The first kappa shape index (κ1) is 20.2. The van der Waals surface area contributed by atoms with Crippen LogP contribution in [0.2, 0.25) is 5.02 Å². The van der Waals surface area contributed by atoms with Gasteiger partial charge in [-0.15, -0.1) is 0 Å². The van der Waals surface area contributed by atoms with Crippen molar-refractivity contribution in [3.8, 4) is 5.75 Å². The van der Waals surface area contributed by atoms with Gasteiger partial charge in [0.25, 0.3) is 0 Å². The fraction of sp³-hybridized carbons (Fsp3) is 0.588. The Bertz CT molecular complexity index is 790. The molecule has 2 N–H and O–H groups in total. The Morgan fingerprint density at radius 3 is 2.81 bits per heavy atom. The fourth-order valence-corrected chi connectivity index (χ4v) is 4.80. The van der Waals surface area contributed by atoms with Crippen molar-refractivity contribution in [1.29, 1.82) is 0 Å². The second-order valence-electron chi connectivity index (χ2n) is 6.98. The molecule has 10 heteroatoms. The van der Waals surface area contributed by atoms with Crippen LogP contribution in [0.5, 0.6) is 5.75 Å². The predicted molar refractivity (Wildman–Crippen MR) is 96.5 cm³/mol. The monoisotopic (exact) mass is 421 g/mol. The highest BCUT2D eigenvalue weighted by Gasteiger charge is 2.37. The number of amides is 1. The summed E-state index contributed by atoms with van der Waals surface area (Å²) in [5.74, 6) is -0.685. The van der Waals surface area contributed by atoms with Gasteiger partial charge in [-0.1, -0.05) is 11.6 Å². The van der Waals surface area contributed by atoms with E-state index in [2.05, 4.69) is 0 Å². The normalized spacial score (nSPS) is 25.3. The lowest BCUT2D eigenvalue weighted by Crippen LogP contribution is -3.18. The van der Waals surface area contributed by atoms with Crippen molar-refractivity contribution in [2.75, 3.05) is 19.7 Å². The largest absolute Gasteiger partial charge is 0.448 e. The third-order valence-corrected chi connectivity index (χ3v) is 6.28. The van der Waals surface area contributed by atoms with Crippen molar-refractivity contribution in [3.05, 3.63) is 29.0 Å². The van der Waals surface area contributed by atoms with Crippen LogP contribution < -0.4 is 13.8 Å². The number of quaternary nitrogens is 1. The van der Waals surface area contributed by atoms with Gasteiger partial charge in [-0.2, -0.15) is 13.1 Å². The maximum absolute atomic E-state index is 13.1. The van der Waals surface area contributed by atoms with E-state index in [9.17, 15) is 17.6 Å². The Morgan fingerprint density at radius 2 is 2.04 bits per heavy atom. The Balaban J connectivity index is 1.51. The van der Waals surface area contributed by atoms with E-state index in [1.807, 2.05) is 0 Å². The summed E-state index contributed by atoms with van der Waals surface area (Å²) in [6, 6.07) is 3.53. The van der Waals surface area contributed by atoms with Crippen LogP contribution in [0.25, 0.3) is 0 Å². The van der Waals surface area contributed by atoms with Gasteiger partial charge in [-0.3, -0.25) is 0 Å². The zero-order chi connectivity index (χ0) is 19.4. The zero-order valence-electron chi connectivity index (χ0n) is 14.7. The Morgan fingerprint density at radius 1 is 1.26 bits per heavy atom. The molecular weight excluding hydrogens is 399 g/mol. The van der Waals surface area contributed by atoms with Crippen molar-refractivity contribution in [2.45, 2.75) is 38.1 Å². The number of ether oxygens (including phenoxy) is 1. The molecule has 1 unspecified atom stereocenters. The number of carbonyl (C=O) groups is 1. The lowest BCUT2D eigenvalue weighted by atomic mass is 9.84. The number of carbonyl (C=O) groups excluding carboxylic acids is 1. The quantitative estimate of drug-likeness (QED) is 0.755. The van der Waals surface area contributed by atoms with E-state index in [4.69, 9.17) is 20.5 Å². The molecule has 2 fully saturated rings. The molecule has 0 saturated carbocycles. The fourth-order valence-electron chi connectivity index (χ4n) is 3.97. The van der Waals surface area contributed by atoms with Gasteiger partial charge in [0.15, 0.2) is 0 Å². The first-order valence-electron chi connectivity index (χ1n) is 9.03. The van der Waals surface area contributed by atoms with Gasteiger partial charge in [-0.05, 0) is 44.2 Å². The van der Waals surface area contributed by atoms with Crippen LogP contribution >= 0.6 is 11.6 Å². The maximum Gasteiger partial charge on any atom is 0.423 e. The molecule has 3 rings (SSSR count). The number of rotatable bonds is 5. The summed E-state index contributed by atoms with van der Waals surface area (Å²) >= 11 is 5.58. The highest BCUT2D eigenvalue weighted by Crippen LogP contribution is 2.22. The first-order chi connectivity index (χ1) is 12.8. The van der Waals surface area contributed by atoms with Crippen molar-refractivity contribution < 1.29 is 31.4 Å². The number of nitrogens with one attached hydrogen (secondary N) is 2. The van der Waals surface area contributed by atoms with Crippen molar-refractivity contribution in [2.24, 2.45) is 5.92 Å². The molecule has 0 spiro atoms. The average Bonchev–Trinajstić information content (AvgIpc) is 2.62. The molecule has 2 aliphatic rings. The second-order valence-corrected chi connectivity index (χ2v) is 8.66. The van der Waals surface area contributed by atoms with Crippen LogP contribution in [0.3, 0.4) is 0 Å². The summed E-state index contributed by atoms with van der Waals surface area (Å²) < 4.78 is 48.5. The number of piperidine rings is 2. The summed E-state index contributed by atoms with van der Waals surface area (Å²) in [4.78, 5) is 13.4. The van der Waals surface area contributed by atoms with Gasteiger partial charge in [0.2, 0.25) is 0 Å². The standard InChI is InChI=1S/C17H22ClFN2O5S/c18-14-10-13(6-7-15(14)19)26-27(23,24)20-17(22)25-11-12-4-3-9-21-8-2-1-5-16(12)21/h6-7,10,12,16H,1-5,8-9,11H2,(H,20,22)/p+1/t12-,16-/m0/s1. The molecule has 1 aromatic carbocycles. The summed E-state index contributed by atoms with van der Waals surface area (Å²) in [7, 11) is -4.45. The third kappa shape index (κ3) is 5.46. The number of hydrogen-bond acceptors (Lipinski definition) is 5. The average molecular weight is 422 g/mol. The minimum Gasteiger partial charge on any atom is -0.448 e. The molecule has 0 aliphatic carbocycles. The van der Waals surface area contributed by atoms with Crippen LogP contribution in [0.15, 0.2) is 18.2 Å². The molecule has 150 valence electrons. The van der Waals surface area contributed by atoms with E-state index in [-0.39, 0.29) is 23.3 Å². The summed E-state index contributed by atoms with van der Waals surface area (Å²) in [6.07, 6.45) is 4.47. The van der Waals surface area contributed by atoms with Gasteiger partial charge < -0.3 is 13.8 Å². The Hall–Kier alpha value is -1.58. The molecule has 2 heterocycles.